The molecule has 0 atom stereocenters. The third-order valence-corrected chi connectivity index (χ3v) is 6.43. The van der Waals surface area contributed by atoms with Crippen LogP contribution in [0.25, 0.3) is 6.08 Å². The predicted octanol–water partition coefficient (Wildman–Crippen LogP) is 6.43. The van der Waals surface area contributed by atoms with Gasteiger partial charge in [-0.3, -0.25) is 9.69 Å². The van der Waals surface area contributed by atoms with Gasteiger partial charge >= 0.3 is 0 Å². The van der Waals surface area contributed by atoms with E-state index in [0.717, 1.165) is 28.1 Å². The summed E-state index contributed by atoms with van der Waals surface area (Å²) < 4.78 is 0. The van der Waals surface area contributed by atoms with E-state index in [9.17, 15) is 9.90 Å². The quantitative estimate of drug-likeness (QED) is 0.489. The van der Waals surface area contributed by atoms with Crippen LogP contribution >= 0.6 is 11.8 Å². The van der Waals surface area contributed by atoms with Gasteiger partial charge in [-0.1, -0.05) is 24.3 Å². The summed E-state index contributed by atoms with van der Waals surface area (Å²) in [6, 6.07) is 18.9. The summed E-state index contributed by atoms with van der Waals surface area (Å²) in [7, 11) is 0. The first-order chi connectivity index (χ1) is 14.8. The van der Waals surface area contributed by atoms with Crippen LogP contribution < -0.4 is 4.90 Å². The van der Waals surface area contributed by atoms with E-state index in [1.54, 1.807) is 29.2 Å². The van der Waals surface area contributed by atoms with Gasteiger partial charge in [0.2, 0.25) is 0 Å². The Bertz CT molecular complexity index is 1230. The molecule has 0 unspecified atom stereocenters. The van der Waals surface area contributed by atoms with E-state index in [1.165, 1.54) is 22.9 Å². The zero-order valence-electron chi connectivity index (χ0n) is 18.0. The topological polar surface area (TPSA) is 52.9 Å². The lowest BCUT2D eigenvalue weighted by Crippen LogP contribution is -2.28. The van der Waals surface area contributed by atoms with Crippen LogP contribution in [0.15, 0.2) is 70.6 Å². The van der Waals surface area contributed by atoms with E-state index in [1.807, 2.05) is 49.4 Å². The van der Waals surface area contributed by atoms with Gasteiger partial charge < -0.3 is 5.11 Å². The molecule has 1 aliphatic heterocycles. The van der Waals surface area contributed by atoms with Crippen molar-refractivity contribution in [3.63, 3.8) is 0 Å². The molecule has 3 aromatic rings. The minimum Gasteiger partial charge on any atom is -0.508 e. The number of aryl methyl sites for hydroxylation is 4. The Balaban J connectivity index is 1.80. The molecule has 1 heterocycles. The van der Waals surface area contributed by atoms with Crippen molar-refractivity contribution < 1.29 is 9.90 Å². The first-order valence-electron chi connectivity index (χ1n) is 10.1. The number of anilines is 1. The van der Waals surface area contributed by atoms with E-state index in [0.29, 0.717) is 10.1 Å². The number of rotatable bonds is 3. The summed E-state index contributed by atoms with van der Waals surface area (Å²) in [6.07, 6.45) is 1.84. The molecule has 0 bridgehead atoms. The zero-order chi connectivity index (χ0) is 22.1. The molecule has 0 aromatic heterocycles. The van der Waals surface area contributed by atoms with E-state index in [2.05, 4.69) is 20.8 Å². The summed E-state index contributed by atoms with van der Waals surface area (Å²) in [4.78, 5) is 20.5. The Morgan fingerprint density at radius 1 is 0.839 bits per heavy atom. The lowest BCUT2D eigenvalue weighted by Gasteiger charge is -2.17. The summed E-state index contributed by atoms with van der Waals surface area (Å²) in [5, 5.41) is 10.2. The number of amidine groups is 1. The zero-order valence-corrected chi connectivity index (χ0v) is 18.8. The van der Waals surface area contributed by atoms with Gasteiger partial charge in [-0.25, -0.2) is 4.99 Å². The Morgan fingerprint density at radius 3 is 2.13 bits per heavy atom. The Morgan fingerprint density at radius 2 is 1.48 bits per heavy atom. The lowest BCUT2D eigenvalue weighted by molar-refractivity contribution is -0.113. The second kappa shape index (κ2) is 8.44. The van der Waals surface area contributed by atoms with Crippen molar-refractivity contribution in [1.29, 1.82) is 0 Å². The third-order valence-electron chi connectivity index (χ3n) is 5.46. The maximum absolute atomic E-state index is 13.4. The van der Waals surface area contributed by atoms with Gasteiger partial charge in [-0.15, -0.1) is 0 Å². The largest absolute Gasteiger partial charge is 0.508 e. The van der Waals surface area contributed by atoms with Crippen molar-refractivity contribution in [3.8, 4) is 5.75 Å². The highest BCUT2D eigenvalue weighted by Gasteiger charge is 2.35. The van der Waals surface area contributed by atoms with Gasteiger partial charge in [0.05, 0.1) is 16.3 Å². The predicted molar refractivity (Wildman–Crippen MR) is 130 cm³/mol. The second-order valence-electron chi connectivity index (χ2n) is 7.77. The maximum atomic E-state index is 13.4. The highest BCUT2D eigenvalue weighted by Crippen LogP contribution is 2.38. The lowest BCUT2D eigenvalue weighted by atomic mass is 10.1. The van der Waals surface area contributed by atoms with Crippen molar-refractivity contribution in [3.05, 3.63) is 93.4 Å². The molecule has 1 aliphatic rings. The Hall–Kier alpha value is -3.31. The minimum absolute atomic E-state index is 0.107. The number of phenolic OH excluding ortho intramolecular Hbond substituents is 1. The fraction of sp³-hybridized carbons (Fsp3) is 0.154. The number of aromatic hydroxyl groups is 1. The van der Waals surface area contributed by atoms with E-state index in [4.69, 9.17) is 4.99 Å². The maximum Gasteiger partial charge on any atom is 0.271 e. The summed E-state index contributed by atoms with van der Waals surface area (Å²) in [5.41, 5.74) is 7.13. The molecule has 0 radical (unpaired) electrons. The monoisotopic (exact) mass is 428 g/mol. The van der Waals surface area contributed by atoms with Crippen LogP contribution in [0, 0.1) is 27.7 Å². The first kappa shape index (κ1) is 20.9. The van der Waals surface area contributed by atoms with Crippen LogP contribution in [-0.4, -0.2) is 16.2 Å². The van der Waals surface area contributed by atoms with Crippen molar-refractivity contribution in [2.75, 3.05) is 4.90 Å². The smallest absolute Gasteiger partial charge is 0.271 e. The van der Waals surface area contributed by atoms with E-state index >= 15 is 0 Å². The molecule has 4 nitrogen and oxygen atoms in total. The number of carbonyl (C=O) groups is 1. The van der Waals surface area contributed by atoms with E-state index < -0.39 is 0 Å². The van der Waals surface area contributed by atoms with Crippen LogP contribution in [0.2, 0.25) is 0 Å². The minimum atomic E-state index is -0.107. The molecule has 0 saturated carbocycles. The van der Waals surface area contributed by atoms with Gasteiger partial charge in [-0.2, -0.15) is 0 Å². The van der Waals surface area contributed by atoms with Gasteiger partial charge in [0.1, 0.15) is 5.75 Å². The molecule has 0 spiro atoms. The number of amides is 1. The molecular formula is C26H24N2O2S. The highest BCUT2D eigenvalue weighted by atomic mass is 32.2. The van der Waals surface area contributed by atoms with Crippen molar-refractivity contribution in [2.24, 2.45) is 4.99 Å². The molecule has 156 valence electrons. The molecular weight excluding hydrogens is 404 g/mol. The van der Waals surface area contributed by atoms with E-state index in [-0.39, 0.29) is 11.7 Å². The number of nitrogens with zero attached hydrogens (tertiary/aromatic N) is 2. The molecule has 3 aromatic carbocycles. The number of hydrogen-bond acceptors (Lipinski definition) is 4. The number of phenols is 1. The summed E-state index contributed by atoms with van der Waals surface area (Å²) >= 11 is 1.36. The molecule has 1 fully saturated rings. The van der Waals surface area contributed by atoms with Crippen LogP contribution in [-0.2, 0) is 4.79 Å². The average Bonchev–Trinajstić information content (AvgIpc) is 3.03. The molecule has 1 amide bonds. The average molecular weight is 429 g/mol. The van der Waals surface area contributed by atoms with Crippen LogP contribution in [0.4, 0.5) is 11.4 Å². The molecule has 1 N–H and O–H groups in total. The van der Waals surface area contributed by atoms with Gasteiger partial charge in [0.15, 0.2) is 5.17 Å². The molecule has 4 rings (SSSR count). The SMILES string of the molecule is Cc1ccc(N=C2SC(=Cc3ccc(O)cc3)C(=O)N2c2ccc(C)c(C)c2)cc1C. The van der Waals surface area contributed by atoms with Gasteiger partial charge in [0.25, 0.3) is 5.91 Å². The summed E-state index contributed by atoms with van der Waals surface area (Å²) in [5.74, 6) is 0.0882. The Kier molecular flexibility index (Phi) is 5.70. The second-order valence-corrected chi connectivity index (χ2v) is 8.78. The fourth-order valence-corrected chi connectivity index (χ4v) is 4.27. The van der Waals surface area contributed by atoms with Crippen molar-refractivity contribution in [1.82, 2.24) is 0 Å². The molecule has 1 saturated heterocycles. The van der Waals surface area contributed by atoms with Gasteiger partial charge in [-0.05, 0) is 110 Å². The first-order valence-corrected chi connectivity index (χ1v) is 10.9. The number of carbonyl (C=O) groups excluding carboxylic acids is 1. The van der Waals surface area contributed by atoms with Gasteiger partial charge in [0, 0.05) is 0 Å². The number of benzene rings is 3. The fourth-order valence-electron chi connectivity index (χ4n) is 3.27. The highest BCUT2D eigenvalue weighted by molar-refractivity contribution is 8.19. The number of thioether (sulfide) groups is 1. The summed E-state index contributed by atoms with van der Waals surface area (Å²) in [6.45, 7) is 8.23. The van der Waals surface area contributed by atoms with Crippen LogP contribution in [0.3, 0.4) is 0 Å². The molecule has 5 heteroatoms. The number of hydrogen-bond donors (Lipinski definition) is 1. The Labute approximate surface area is 187 Å². The molecule has 0 aliphatic carbocycles. The molecule has 31 heavy (non-hydrogen) atoms. The number of aliphatic imine (C=N–C) groups is 1. The van der Waals surface area contributed by atoms with Crippen molar-refractivity contribution >= 4 is 40.3 Å². The van der Waals surface area contributed by atoms with Crippen LogP contribution in [0.5, 0.6) is 5.75 Å². The third kappa shape index (κ3) is 4.42. The van der Waals surface area contributed by atoms with Crippen LogP contribution in [0.1, 0.15) is 27.8 Å². The van der Waals surface area contributed by atoms with Crippen molar-refractivity contribution in [2.45, 2.75) is 27.7 Å². The normalized spacial score (nSPS) is 16.5. The standard InChI is InChI=1S/C26H24N2O2S/c1-16-5-9-21(13-18(16)3)27-26-28(22-10-6-17(2)19(4)14-22)25(30)24(31-26)15-20-7-11-23(29)12-8-20/h5-15,29H,1-4H3.